The Morgan fingerprint density at radius 1 is 1.86 bits per heavy atom. The zero-order chi connectivity index (χ0) is 4.99. The van der Waals surface area contributed by atoms with Crippen molar-refractivity contribution < 1.29 is 37.8 Å². The van der Waals surface area contributed by atoms with Crippen molar-refractivity contribution in [1.82, 2.24) is 0 Å². The van der Waals surface area contributed by atoms with E-state index >= 15 is 0 Å². The van der Waals surface area contributed by atoms with Gasteiger partial charge in [0.1, 0.15) is 0 Å². The number of hydrogen-bond donors (Lipinski definition) is 1. The molecule has 0 aliphatic heterocycles. The summed E-state index contributed by atoms with van der Waals surface area (Å²) in [5.74, 6) is 0. The van der Waals surface area contributed by atoms with E-state index in [0.717, 1.165) is 6.42 Å². The molecule has 0 aliphatic rings. The van der Waals surface area contributed by atoms with Crippen molar-refractivity contribution in [3.8, 4) is 6.07 Å². The first-order chi connectivity index (χ1) is 2.77. The molecule has 0 rings (SSSR count). The Balaban J connectivity index is 0. The Hall–Kier alpha value is 0.424. The maximum absolute atomic E-state index is 8.27. The van der Waals surface area contributed by atoms with Crippen LogP contribution in [0, 0.1) is 17.8 Å². The molecular weight excluding hydrogens is 167 g/mol. The van der Waals surface area contributed by atoms with Crippen molar-refractivity contribution in [3.05, 3.63) is 6.42 Å². The van der Waals surface area contributed by atoms with E-state index in [1.807, 2.05) is 0 Å². The second-order valence-electron chi connectivity index (χ2n) is 1.04. The van der Waals surface area contributed by atoms with E-state index in [2.05, 4.69) is 0 Å². The summed E-state index contributed by atoms with van der Waals surface area (Å²) in [6.07, 6.45) is 0.565. The summed E-state index contributed by atoms with van der Waals surface area (Å²) in [6.45, 7) is 1.53. The predicted molar refractivity (Wildman–Crippen MR) is 21.6 cm³/mol. The maximum Gasteiger partial charge on any atom is 0 e. The summed E-state index contributed by atoms with van der Waals surface area (Å²) in [6, 6.07) is 1.69. The van der Waals surface area contributed by atoms with Crippen molar-refractivity contribution in [2.75, 3.05) is 0 Å². The van der Waals surface area contributed by atoms with E-state index in [-0.39, 0.29) is 32.7 Å². The van der Waals surface area contributed by atoms with Gasteiger partial charge in [0.05, 0.1) is 0 Å². The molecule has 0 fully saturated rings. The molecule has 0 saturated heterocycles. The fourth-order valence-corrected chi connectivity index (χ4v) is 0.108. The summed E-state index contributed by atoms with van der Waals surface area (Å²) < 4.78 is 0. The molecular formula is C4H6NOY-. The van der Waals surface area contributed by atoms with E-state index in [9.17, 15) is 0 Å². The molecule has 0 aliphatic carbocycles. The van der Waals surface area contributed by atoms with Gasteiger partial charge in [-0.2, -0.15) is 0 Å². The van der Waals surface area contributed by atoms with Crippen LogP contribution in [0.1, 0.15) is 6.92 Å². The van der Waals surface area contributed by atoms with Crippen LogP contribution in [0.2, 0.25) is 0 Å². The Bertz CT molecular complexity index is 66.6. The van der Waals surface area contributed by atoms with Gasteiger partial charge in [-0.3, -0.25) is 6.42 Å². The number of nitriles is 1. The third-order valence-electron chi connectivity index (χ3n) is 0.316. The Kier molecular flexibility index (Phi) is 9.56. The van der Waals surface area contributed by atoms with E-state index in [0.29, 0.717) is 0 Å². The molecule has 0 saturated carbocycles. The molecule has 0 heterocycles. The molecule has 0 aromatic carbocycles. The summed E-state index contributed by atoms with van der Waals surface area (Å²) in [7, 11) is 0. The molecule has 0 aromatic heterocycles. The molecule has 3 heteroatoms. The summed E-state index contributed by atoms with van der Waals surface area (Å²) >= 11 is 0. The SMILES string of the molecule is CC(O)[CH-]C#N.[Y]. The smallest absolute Gasteiger partial charge is 0 e. The van der Waals surface area contributed by atoms with Crippen LogP contribution in [0.3, 0.4) is 0 Å². The number of nitrogens with zero attached hydrogens (tertiary/aromatic N) is 1. The van der Waals surface area contributed by atoms with Crippen LogP contribution in [0.15, 0.2) is 0 Å². The van der Waals surface area contributed by atoms with Crippen molar-refractivity contribution in [2.24, 2.45) is 0 Å². The van der Waals surface area contributed by atoms with Gasteiger partial charge in [-0.15, -0.1) is 6.07 Å². The second kappa shape index (κ2) is 6.42. The molecule has 1 atom stereocenters. The first kappa shape index (κ1) is 10.4. The number of aliphatic hydroxyl groups is 1. The minimum absolute atomic E-state index is 0. The molecule has 37 valence electrons. The average molecular weight is 173 g/mol. The average Bonchev–Trinajstić information content (AvgIpc) is 1.35. The second-order valence-corrected chi connectivity index (χ2v) is 1.04. The molecule has 1 unspecified atom stereocenters. The molecule has 1 radical (unpaired) electrons. The van der Waals surface area contributed by atoms with Crippen LogP contribution in [0.25, 0.3) is 0 Å². The number of rotatable bonds is 1. The molecule has 0 spiro atoms. The quantitative estimate of drug-likeness (QED) is 0.571. The predicted octanol–water partition coefficient (Wildman–Crippen LogP) is 0.0926. The van der Waals surface area contributed by atoms with Crippen LogP contribution in [0.5, 0.6) is 0 Å². The molecule has 0 bridgehead atoms. The fraction of sp³-hybridized carbons (Fsp3) is 0.500. The zero-order valence-corrected chi connectivity index (χ0v) is 6.96. The van der Waals surface area contributed by atoms with Gasteiger partial charge in [0.2, 0.25) is 0 Å². The van der Waals surface area contributed by atoms with Crippen molar-refractivity contribution in [3.63, 3.8) is 0 Å². The largest absolute Gasteiger partial charge is 0.422 e. The first-order valence-corrected chi connectivity index (χ1v) is 1.68. The first-order valence-electron chi connectivity index (χ1n) is 1.68. The van der Waals surface area contributed by atoms with Crippen LogP contribution in [0.4, 0.5) is 0 Å². The Labute approximate surface area is 68.4 Å². The van der Waals surface area contributed by atoms with Crippen LogP contribution in [-0.2, 0) is 32.7 Å². The van der Waals surface area contributed by atoms with Gasteiger partial charge in [-0.25, -0.2) is 5.26 Å². The standard InChI is InChI=1S/C4H6NO.Y/c1-4(6)2-3-5;/h2,4,6H,1H3;/q-1;. The van der Waals surface area contributed by atoms with Gasteiger partial charge >= 0.3 is 0 Å². The van der Waals surface area contributed by atoms with Crippen LogP contribution in [-0.4, -0.2) is 11.2 Å². The monoisotopic (exact) mass is 173 g/mol. The van der Waals surface area contributed by atoms with Gasteiger partial charge in [0, 0.05) is 32.7 Å². The van der Waals surface area contributed by atoms with Crippen molar-refractivity contribution in [1.29, 1.82) is 5.26 Å². The molecule has 7 heavy (non-hydrogen) atoms. The summed E-state index contributed by atoms with van der Waals surface area (Å²) in [5, 5.41) is 16.0. The van der Waals surface area contributed by atoms with E-state index in [1.165, 1.54) is 6.92 Å². The Morgan fingerprint density at radius 2 is 2.29 bits per heavy atom. The minimum atomic E-state index is -0.588. The topological polar surface area (TPSA) is 44.0 Å². The van der Waals surface area contributed by atoms with Crippen molar-refractivity contribution in [2.45, 2.75) is 13.0 Å². The zero-order valence-electron chi connectivity index (χ0n) is 4.13. The number of hydrogen-bond acceptors (Lipinski definition) is 2. The molecule has 1 N–H and O–H groups in total. The van der Waals surface area contributed by atoms with Gasteiger partial charge in [0.25, 0.3) is 0 Å². The molecule has 2 nitrogen and oxygen atoms in total. The Morgan fingerprint density at radius 3 is 2.29 bits per heavy atom. The number of aliphatic hydroxyl groups excluding tert-OH is 1. The van der Waals surface area contributed by atoms with Crippen molar-refractivity contribution >= 4 is 0 Å². The summed E-state index contributed by atoms with van der Waals surface area (Å²) in [5.41, 5.74) is 0. The summed E-state index contributed by atoms with van der Waals surface area (Å²) in [4.78, 5) is 0. The molecule has 0 amide bonds. The third-order valence-corrected chi connectivity index (χ3v) is 0.316. The maximum atomic E-state index is 8.27. The normalized spacial score (nSPS) is 10.4. The fourth-order valence-electron chi connectivity index (χ4n) is 0.108. The molecule has 0 aromatic rings. The van der Waals surface area contributed by atoms with E-state index in [4.69, 9.17) is 10.4 Å². The minimum Gasteiger partial charge on any atom is -0.422 e. The van der Waals surface area contributed by atoms with Gasteiger partial charge in [-0.1, -0.05) is 6.92 Å². The van der Waals surface area contributed by atoms with E-state index < -0.39 is 6.10 Å². The van der Waals surface area contributed by atoms with E-state index in [1.54, 1.807) is 6.07 Å². The third kappa shape index (κ3) is 10.7. The van der Waals surface area contributed by atoms with Crippen LogP contribution >= 0.6 is 0 Å². The van der Waals surface area contributed by atoms with Gasteiger partial charge in [0.15, 0.2) is 0 Å². The van der Waals surface area contributed by atoms with Gasteiger partial charge < -0.3 is 5.11 Å². The van der Waals surface area contributed by atoms with Gasteiger partial charge in [-0.05, 0) is 6.10 Å². The van der Waals surface area contributed by atoms with Crippen LogP contribution < -0.4 is 0 Å².